The molecule has 0 unspecified atom stereocenters. The Morgan fingerprint density at radius 1 is 1.17 bits per heavy atom. The molecule has 2 aliphatic heterocycles. The van der Waals surface area contributed by atoms with E-state index in [0.29, 0.717) is 0 Å². The van der Waals surface area contributed by atoms with Crippen molar-refractivity contribution in [2.45, 2.75) is 57.6 Å². The van der Waals surface area contributed by atoms with Crippen LogP contribution in [0.3, 0.4) is 0 Å². The number of pyridine rings is 1. The summed E-state index contributed by atoms with van der Waals surface area (Å²) in [5.41, 5.74) is 3.86. The van der Waals surface area contributed by atoms with Gasteiger partial charge in [-0.3, -0.25) is 4.68 Å². The number of nitrogens with one attached hydrogen (secondary N) is 1. The molecule has 1 N–H and O–H groups in total. The summed E-state index contributed by atoms with van der Waals surface area (Å²) in [5, 5.41) is 5.96. The number of H-pyrrole nitrogens is 1. The molecule has 0 bridgehead atoms. The molecule has 5 heterocycles. The number of piperidine rings is 1. The van der Waals surface area contributed by atoms with Crippen LogP contribution < -0.4 is 0 Å². The summed E-state index contributed by atoms with van der Waals surface area (Å²) in [6.45, 7) is 8.12. The SMILES string of the molecule is CC(C)(C)OC(=O)N1CCC2(CC1)CCn1nc(-c3cnc4[nH]ccc4c3)cc12. The third-order valence-corrected chi connectivity index (χ3v) is 6.19. The second-order valence-corrected chi connectivity index (χ2v) is 9.28. The van der Waals surface area contributed by atoms with E-state index in [2.05, 4.69) is 26.8 Å². The van der Waals surface area contributed by atoms with Crippen molar-refractivity contribution >= 4 is 17.1 Å². The number of hydrogen-bond acceptors (Lipinski definition) is 4. The maximum absolute atomic E-state index is 12.4. The highest BCUT2D eigenvalue weighted by Gasteiger charge is 2.44. The monoisotopic (exact) mass is 393 g/mol. The third-order valence-electron chi connectivity index (χ3n) is 6.19. The van der Waals surface area contributed by atoms with Gasteiger partial charge in [-0.05, 0) is 58.2 Å². The highest BCUT2D eigenvalue weighted by Crippen LogP contribution is 2.44. The molecule has 3 aromatic rings. The fourth-order valence-electron chi connectivity index (χ4n) is 4.63. The number of rotatable bonds is 1. The minimum Gasteiger partial charge on any atom is -0.444 e. The molecular formula is C22H27N5O2. The predicted molar refractivity (Wildman–Crippen MR) is 111 cm³/mol. The van der Waals surface area contributed by atoms with Crippen LogP contribution in [0.4, 0.5) is 4.79 Å². The Kier molecular flexibility index (Phi) is 3.98. The van der Waals surface area contributed by atoms with Crippen LogP contribution >= 0.6 is 0 Å². The largest absolute Gasteiger partial charge is 0.444 e. The molecule has 1 saturated heterocycles. The first kappa shape index (κ1) is 18.2. The van der Waals surface area contributed by atoms with Gasteiger partial charge in [0.1, 0.15) is 11.2 Å². The molecule has 7 nitrogen and oxygen atoms in total. The topological polar surface area (TPSA) is 76.0 Å². The maximum Gasteiger partial charge on any atom is 0.410 e. The molecular weight excluding hydrogens is 366 g/mol. The minimum atomic E-state index is -0.457. The Balaban J connectivity index is 1.36. The van der Waals surface area contributed by atoms with Crippen LogP contribution in [-0.2, 0) is 16.7 Å². The molecule has 2 aliphatic rings. The van der Waals surface area contributed by atoms with Crippen LogP contribution in [0.15, 0.2) is 30.6 Å². The van der Waals surface area contributed by atoms with E-state index in [-0.39, 0.29) is 11.5 Å². The van der Waals surface area contributed by atoms with Gasteiger partial charge in [0.15, 0.2) is 0 Å². The molecule has 7 heteroatoms. The molecule has 0 aliphatic carbocycles. The Bertz CT molecular complexity index is 1070. The van der Waals surface area contributed by atoms with Gasteiger partial charge >= 0.3 is 6.09 Å². The van der Waals surface area contributed by atoms with E-state index in [1.807, 2.05) is 44.1 Å². The lowest BCUT2D eigenvalue weighted by atomic mass is 9.75. The summed E-state index contributed by atoms with van der Waals surface area (Å²) < 4.78 is 7.70. The number of ether oxygens (including phenoxy) is 1. The molecule has 0 saturated carbocycles. The van der Waals surface area contributed by atoms with Gasteiger partial charge in [-0.15, -0.1) is 0 Å². The first-order chi connectivity index (χ1) is 13.8. The number of aromatic nitrogens is 4. The Morgan fingerprint density at radius 3 is 2.69 bits per heavy atom. The van der Waals surface area contributed by atoms with Crippen LogP contribution in [0.5, 0.6) is 0 Å². The average molecular weight is 393 g/mol. The van der Waals surface area contributed by atoms with Crippen molar-refractivity contribution < 1.29 is 9.53 Å². The van der Waals surface area contributed by atoms with Gasteiger partial charge in [-0.1, -0.05) is 0 Å². The zero-order chi connectivity index (χ0) is 20.2. The van der Waals surface area contributed by atoms with Crippen LogP contribution in [0.25, 0.3) is 22.3 Å². The normalized spacial score (nSPS) is 18.4. The Morgan fingerprint density at radius 2 is 1.93 bits per heavy atom. The van der Waals surface area contributed by atoms with Gasteiger partial charge in [0.25, 0.3) is 0 Å². The molecule has 1 fully saturated rings. The van der Waals surface area contributed by atoms with Gasteiger partial charge in [0.2, 0.25) is 0 Å². The van der Waals surface area contributed by atoms with Gasteiger partial charge in [0.05, 0.1) is 5.69 Å². The number of nitrogens with zero attached hydrogens (tertiary/aromatic N) is 4. The van der Waals surface area contributed by atoms with E-state index in [1.54, 1.807) is 0 Å². The van der Waals surface area contributed by atoms with E-state index >= 15 is 0 Å². The molecule has 0 atom stereocenters. The van der Waals surface area contributed by atoms with Crippen LogP contribution in [-0.4, -0.2) is 49.4 Å². The predicted octanol–water partition coefficient (Wildman–Crippen LogP) is 4.10. The van der Waals surface area contributed by atoms with E-state index in [4.69, 9.17) is 9.84 Å². The highest BCUT2D eigenvalue weighted by molar-refractivity contribution is 5.80. The molecule has 152 valence electrons. The van der Waals surface area contributed by atoms with E-state index < -0.39 is 5.60 Å². The summed E-state index contributed by atoms with van der Waals surface area (Å²) >= 11 is 0. The second kappa shape index (κ2) is 6.34. The van der Waals surface area contributed by atoms with Crippen molar-refractivity contribution in [1.29, 1.82) is 0 Å². The van der Waals surface area contributed by atoms with Gasteiger partial charge in [0, 0.05) is 54.1 Å². The molecule has 3 aromatic heterocycles. The van der Waals surface area contributed by atoms with Crippen LogP contribution in [0.1, 0.15) is 45.7 Å². The summed E-state index contributed by atoms with van der Waals surface area (Å²) in [4.78, 5) is 21.9. The van der Waals surface area contributed by atoms with Crippen molar-refractivity contribution in [3.63, 3.8) is 0 Å². The smallest absolute Gasteiger partial charge is 0.410 e. The van der Waals surface area contributed by atoms with Gasteiger partial charge in [-0.2, -0.15) is 5.10 Å². The number of hydrogen-bond donors (Lipinski definition) is 1. The summed E-state index contributed by atoms with van der Waals surface area (Å²) in [6.07, 6.45) is 6.58. The fourth-order valence-corrected chi connectivity index (χ4v) is 4.63. The van der Waals surface area contributed by atoms with E-state index in [9.17, 15) is 4.79 Å². The number of aromatic amines is 1. The molecule has 5 rings (SSSR count). The third kappa shape index (κ3) is 3.18. The number of fused-ring (bicyclic) bond motifs is 3. The minimum absolute atomic E-state index is 0.107. The summed E-state index contributed by atoms with van der Waals surface area (Å²) in [7, 11) is 0. The lowest BCUT2D eigenvalue weighted by molar-refractivity contribution is 0.0164. The Labute approximate surface area is 170 Å². The second-order valence-electron chi connectivity index (χ2n) is 9.28. The Hall–Kier alpha value is -2.83. The lowest BCUT2D eigenvalue weighted by Gasteiger charge is -2.39. The molecule has 0 aromatic carbocycles. The molecule has 1 spiro atoms. The number of amides is 1. The van der Waals surface area contributed by atoms with Crippen molar-refractivity contribution in [1.82, 2.24) is 24.6 Å². The first-order valence-electron chi connectivity index (χ1n) is 10.3. The number of carbonyl (C=O) groups excluding carboxylic acids is 1. The standard InChI is InChI=1S/C22H27N5O2/c1-21(2,3)29-20(28)26-9-5-22(6-10-26)7-11-27-18(22)13-17(25-27)16-12-15-4-8-23-19(15)24-14-16/h4,8,12-14H,5-7,9-11H2,1-3H3,(H,23,24). The summed E-state index contributed by atoms with van der Waals surface area (Å²) in [6, 6.07) is 6.39. The highest BCUT2D eigenvalue weighted by atomic mass is 16.6. The van der Waals surface area contributed by atoms with Gasteiger partial charge in [-0.25, -0.2) is 9.78 Å². The fraction of sp³-hybridized carbons (Fsp3) is 0.500. The molecule has 1 amide bonds. The van der Waals surface area contributed by atoms with Crippen molar-refractivity contribution in [2.75, 3.05) is 13.1 Å². The first-order valence-corrected chi connectivity index (χ1v) is 10.3. The van der Waals surface area contributed by atoms with Gasteiger partial charge < -0.3 is 14.6 Å². The number of aryl methyl sites for hydroxylation is 1. The van der Waals surface area contributed by atoms with Crippen LogP contribution in [0.2, 0.25) is 0 Å². The molecule has 29 heavy (non-hydrogen) atoms. The van der Waals surface area contributed by atoms with Crippen LogP contribution in [0, 0.1) is 0 Å². The average Bonchev–Trinajstić information content (AvgIpc) is 3.37. The van der Waals surface area contributed by atoms with Crippen molar-refractivity contribution in [3.8, 4) is 11.3 Å². The quantitative estimate of drug-likeness (QED) is 0.675. The summed E-state index contributed by atoms with van der Waals surface area (Å²) in [5.74, 6) is 0. The molecule has 0 radical (unpaired) electrons. The zero-order valence-corrected chi connectivity index (χ0v) is 17.2. The maximum atomic E-state index is 12.4. The number of likely N-dealkylation sites (tertiary alicyclic amines) is 1. The lowest BCUT2D eigenvalue weighted by Crippen LogP contribution is -2.46. The van der Waals surface area contributed by atoms with Crippen molar-refractivity contribution in [3.05, 3.63) is 36.3 Å². The zero-order valence-electron chi connectivity index (χ0n) is 17.2. The van der Waals surface area contributed by atoms with E-state index in [1.165, 1.54) is 5.69 Å². The van der Waals surface area contributed by atoms with E-state index in [0.717, 1.165) is 61.2 Å². The number of carbonyl (C=O) groups is 1. The van der Waals surface area contributed by atoms with Crippen molar-refractivity contribution in [2.24, 2.45) is 0 Å².